The lowest BCUT2D eigenvalue weighted by Crippen LogP contribution is -2.31. The van der Waals surface area contributed by atoms with Gasteiger partial charge in [-0.1, -0.05) is 0 Å². The van der Waals surface area contributed by atoms with Crippen LogP contribution in [-0.4, -0.2) is 20.7 Å². The number of hydrogen-bond acceptors (Lipinski definition) is 5. The Morgan fingerprint density at radius 1 is 1.42 bits per heavy atom. The van der Waals surface area contributed by atoms with Crippen molar-refractivity contribution in [3.8, 4) is 0 Å². The molecule has 1 N–H and O–H groups in total. The van der Waals surface area contributed by atoms with E-state index < -0.39 is 0 Å². The maximum absolute atomic E-state index is 12.5. The van der Waals surface area contributed by atoms with Crippen LogP contribution in [0.15, 0.2) is 40.7 Å². The minimum atomic E-state index is -0.0874. The van der Waals surface area contributed by atoms with E-state index in [1.54, 1.807) is 33.6 Å². The van der Waals surface area contributed by atoms with Crippen molar-refractivity contribution in [1.29, 1.82) is 0 Å². The zero-order chi connectivity index (χ0) is 16.9. The lowest BCUT2D eigenvalue weighted by molar-refractivity contribution is -0.122. The molecule has 0 radical (unpaired) electrons. The molecule has 0 fully saturated rings. The summed E-state index contributed by atoms with van der Waals surface area (Å²) in [4.78, 5) is 17.1. The van der Waals surface area contributed by atoms with Gasteiger partial charge in [0.05, 0.1) is 12.1 Å². The van der Waals surface area contributed by atoms with Crippen LogP contribution in [0, 0.1) is 6.92 Å². The van der Waals surface area contributed by atoms with E-state index in [-0.39, 0.29) is 18.0 Å². The fourth-order valence-corrected chi connectivity index (χ4v) is 4.06. The summed E-state index contributed by atoms with van der Waals surface area (Å²) in [5.74, 6) is 0.0195. The van der Waals surface area contributed by atoms with Gasteiger partial charge >= 0.3 is 0 Å². The Morgan fingerprint density at radius 2 is 2.29 bits per heavy atom. The van der Waals surface area contributed by atoms with Crippen molar-refractivity contribution in [1.82, 2.24) is 20.1 Å². The molecule has 0 aromatic carbocycles. The standard InChI is InChI=1S/C17H20N4OS2/c1-12-10-24-17(19-12)15(9-14-4-7-23-11-14)20-16(22)8-13(2)21-6-3-5-18-21/h3-7,10-11,13,15H,8-9H2,1-2H3,(H,20,22)/t13-,15+/m1/s1. The predicted octanol–water partition coefficient (Wildman–Crippen LogP) is 3.76. The molecule has 1 amide bonds. The van der Waals surface area contributed by atoms with E-state index in [9.17, 15) is 4.79 Å². The van der Waals surface area contributed by atoms with Gasteiger partial charge in [-0.2, -0.15) is 16.4 Å². The van der Waals surface area contributed by atoms with Crippen LogP contribution in [0.5, 0.6) is 0 Å². The van der Waals surface area contributed by atoms with Gasteiger partial charge in [-0.25, -0.2) is 4.98 Å². The molecule has 0 aliphatic rings. The van der Waals surface area contributed by atoms with Gasteiger partial charge < -0.3 is 5.32 Å². The van der Waals surface area contributed by atoms with Gasteiger partial charge in [0.2, 0.25) is 5.91 Å². The zero-order valence-electron chi connectivity index (χ0n) is 13.7. The first-order valence-corrected chi connectivity index (χ1v) is 9.65. The van der Waals surface area contributed by atoms with Crippen molar-refractivity contribution < 1.29 is 4.79 Å². The van der Waals surface area contributed by atoms with Crippen molar-refractivity contribution in [2.45, 2.75) is 38.8 Å². The summed E-state index contributed by atoms with van der Waals surface area (Å²) >= 11 is 3.27. The second-order valence-electron chi connectivity index (χ2n) is 5.82. The molecule has 3 aromatic heterocycles. The Hall–Kier alpha value is -1.99. The van der Waals surface area contributed by atoms with Crippen LogP contribution >= 0.6 is 22.7 Å². The molecule has 2 atom stereocenters. The van der Waals surface area contributed by atoms with Crippen LogP contribution in [0.25, 0.3) is 0 Å². The quantitative estimate of drug-likeness (QED) is 0.698. The third-order valence-electron chi connectivity index (χ3n) is 3.75. The summed E-state index contributed by atoms with van der Waals surface area (Å²) in [5, 5.41) is 14.5. The highest BCUT2D eigenvalue weighted by Crippen LogP contribution is 2.24. The Balaban J connectivity index is 1.67. The summed E-state index contributed by atoms with van der Waals surface area (Å²) < 4.78 is 1.81. The summed E-state index contributed by atoms with van der Waals surface area (Å²) in [7, 11) is 0. The average molecular weight is 361 g/mol. The number of thiazole rings is 1. The number of nitrogens with zero attached hydrogens (tertiary/aromatic N) is 3. The van der Waals surface area contributed by atoms with Gasteiger partial charge in [0.1, 0.15) is 5.01 Å². The Bertz CT molecular complexity index is 764. The van der Waals surface area contributed by atoms with Crippen molar-refractivity contribution in [2.75, 3.05) is 0 Å². The first-order chi connectivity index (χ1) is 11.6. The number of rotatable bonds is 7. The SMILES string of the molecule is Cc1csc([C@H](Cc2ccsc2)NC(=O)C[C@@H](C)n2cccn2)n1. The molecule has 0 aliphatic carbocycles. The van der Waals surface area contributed by atoms with Crippen LogP contribution in [0.3, 0.4) is 0 Å². The summed E-state index contributed by atoms with van der Waals surface area (Å²) in [5.41, 5.74) is 2.21. The number of thiophene rings is 1. The highest BCUT2D eigenvalue weighted by atomic mass is 32.1. The summed E-state index contributed by atoms with van der Waals surface area (Å²) in [6.45, 7) is 3.97. The van der Waals surface area contributed by atoms with Crippen LogP contribution in [0.2, 0.25) is 0 Å². The fraction of sp³-hybridized carbons (Fsp3) is 0.353. The molecule has 0 saturated heterocycles. The highest BCUT2D eigenvalue weighted by Gasteiger charge is 2.20. The summed E-state index contributed by atoms with van der Waals surface area (Å²) in [6, 6.07) is 3.90. The number of aromatic nitrogens is 3. The molecule has 3 rings (SSSR count). The van der Waals surface area contributed by atoms with Crippen LogP contribution in [0.4, 0.5) is 0 Å². The molecule has 0 unspecified atom stereocenters. The molecule has 0 aliphatic heterocycles. The minimum Gasteiger partial charge on any atom is -0.346 e. The molecule has 24 heavy (non-hydrogen) atoms. The lowest BCUT2D eigenvalue weighted by atomic mass is 10.1. The van der Waals surface area contributed by atoms with E-state index in [0.29, 0.717) is 6.42 Å². The van der Waals surface area contributed by atoms with Crippen LogP contribution < -0.4 is 5.32 Å². The van der Waals surface area contributed by atoms with E-state index in [2.05, 4.69) is 32.2 Å². The summed E-state index contributed by atoms with van der Waals surface area (Å²) in [6.07, 6.45) is 4.77. The average Bonchev–Trinajstić information content (AvgIpc) is 3.29. The second kappa shape index (κ2) is 7.72. The van der Waals surface area contributed by atoms with Crippen molar-refractivity contribution >= 4 is 28.6 Å². The number of carbonyl (C=O) groups is 1. The van der Waals surface area contributed by atoms with E-state index in [1.807, 2.05) is 31.5 Å². The number of hydrogen-bond donors (Lipinski definition) is 1. The third-order valence-corrected chi connectivity index (χ3v) is 5.56. The topological polar surface area (TPSA) is 59.8 Å². The molecule has 5 nitrogen and oxygen atoms in total. The Kier molecular flexibility index (Phi) is 5.42. The van der Waals surface area contributed by atoms with Gasteiger partial charge in [0, 0.05) is 36.3 Å². The van der Waals surface area contributed by atoms with Crippen LogP contribution in [-0.2, 0) is 11.2 Å². The number of carbonyl (C=O) groups excluding carboxylic acids is 1. The van der Waals surface area contributed by atoms with Gasteiger partial charge in [-0.3, -0.25) is 9.48 Å². The maximum Gasteiger partial charge on any atom is 0.222 e. The first-order valence-electron chi connectivity index (χ1n) is 7.83. The van der Waals surface area contributed by atoms with E-state index in [4.69, 9.17) is 0 Å². The number of nitrogens with one attached hydrogen (secondary N) is 1. The maximum atomic E-state index is 12.5. The molecular weight excluding hydrogens is 340 g/mol. The molecule has 0 bridgehead atoms. The lowest BCUT2D eigenvalue weighted by Gasteiger charge is -2.18. The number of aryl methyl sites for hydroxylation is 1. The molecule has 3 aromatic rings. The molecule has 3 heterocycles. The van der Waals surface area contributed by atoms with E-state index >= 15 is 0 Å². The normalized spacial score (nSPS) is 13.6. The minimum absolute atomic E-state index is 0.0195. The van der Waals surface area contributed by atoms with Crippen molar-refractivity contribution in [3.63, 3.8) is 0 Å². The van der Waals surface area contributed by atoms with E-state index in [1.165, 1.54) is 5.56 Å². The Labute approximate surface area is 149 Å². The zero-order valence-corrected chi connectivity index (χ0v) is 15.3. The molecule has 0 saturated carbocycles. The third kappa shape index (κ3) is 4.30. The van der Waals surface area contributed by atoms with E-state index in [0.717, 1.165) is 17.1 Å². The van der Waals surface area contributed by atoms with Gasteiger partial charge in [-0.05, 0) is 42.3 Å². The highest BCUT2D eigenvalue weighted by molar-refractivity contribution is 7.09. The van der Waals surface area contributed by atoms with Gasteiger partial charge in [-0.15, -0.1) is 11.3 Å². The molecular formula is C17H20N4OS2. The van der Waals surface area contributed by atoms with Crippen molar-refractivity contribution in [2.24, 2.45) is 0 Å². The monoisotopic (exact) mass is 360 g/mol. The van der Waals surface area contributed by atoms with Crippen molar-refractivity contribution in [3.05, 3.63) is 56.9 Å². The van der Waals surface area contributed by atoms with Crippen LogP contribution in [0.1, 0.15) is 41.7 Å². The van der Waals surface area contributed by atoms with Gasteiger partial charge in [0.25, 0.3) is 0 Å². The number of amides is 1. The first kappa shape index (κ1) is 16.9. The van der Waals surface area contributed by atoms with Gasteiger partial charge in [0.15, 0.2) is 0 Å². The fourth-order valence-electron chi connectivity index (χ4n) is 2.53. The molecule has 126 valence electrons. The predicted molar refractivity (Wildman–Crippen MR) is 97.3 cm³/mol. The smallest absolute Gasteiger partial charge is 0.222 e. The Morgan fingerprint density at radius 3 is 2.92 bits per heavy atom. The molecule has 0 spiro atoms. The largest absolute Gasteiger partial charge is 0.346 e. The molecule has 7 heteroatoms. The second-order valence-corrected chi connectivity index (χ2v) is 7.49.